The highest BCUT2D eigenvalue weighted by atomic mass is 19.4. The Labute approximate surface area is 93.5 Å². The maximum absolute atomic E-state index is 12.4. The fourth-order valence-electron chi connectivity index (χ4n) is 1.48. The lowest BCUT2D eigenvalue weighted by Gasteiger charge is -2.18. The molecule has 2 N–H and O–H groups in total. The molecule has 0 fully saturated rings. The second kappa shape index (κ2) is 4.87. The Hall–Kier alpha value is -1.03. The molecule has 90 valence electrons. The largest absolute Gasteiger partial charge is 0.407 e. The van der Waals surface area contributed by atoms with Gasteiger partial charge in [-0.15, -0.1) is 0 Å². The van der Waals surface area contributed by atoms with E-state index < -0.39 is 12.2 Å². The molecular formula is C12H16F3N. The molecule has 1 aromatic carbocycles. The van der Waals surface area contributed by atoms with Crippen molar-refractivity contribution in [2.45, 2.75) is 38.4 Å². The zero-order valence-corrected chi connectivity index (χ0v) is 9.38. The second-order valence-corrected chi connectivity index (χ2v) is 4.00. The quantitative estimate of drug-likeness (QED) is 0.842. The summed E-state index contributed by atoms with van der Waals surface area (Å²) >= 11 is 0. The van der Waals surface area contributed by atoms with Gasteiger partial charge in [0.1, 0.15) is 6.04 Å². The number of rotatable bonds is 3. The fraction of sp³-hybridized carbons (Fsp3) is 0.500. The smallest absolute Gasteiger partial charge is 0.316 e. The van der Waals surface area contributed by atoms with Crippen LogP contribution in [0.4, 0.5) is 13.2 Å². The molecule has 0 radical (unpaired) electrons. The third-order valence-corrected chi connectivity index (χ3v) is 2.80. The first-order valence-corrected chi connectivity index (χ1v) is 5.28. The monoisotopic (exact) mass is 231 g/mol. The van der Waals surface area contributed by atoms with Gasteiger partial charge in [-0.25, -0.2) is 0 Å². The highest BCUT2D eigenvalue weighted by molar-refractivity contribution is 5.28. The number of benzene rings is 1. The van der Waals surface area contributed by atoms with Gasteiger partial charge in [-0.05, 0) is 23.5 Å². The number of hydrogen-bond donors (Lipinski definition) is 1. The SMILES string of the molecule is CCC(C)c1cccc([C@H](N)C(F)(F)F)c1. The molecule has 1 nitrogen and oxygen atoms in total. The fourth-order valence-corrected chi connectivity index (χ4v) is 1.48. The van der Waals surface area contributed by atoms with Gasteiger partial charge in [0.15, 0.2) is 0 Å². The van der Waals surface area contributed by atoms with Crippen molar-refractivity contribution in [1.82, 2.24) is 0 Å². The van der Waals surface area contributed by atoms with Crippen LogP contribution < -0.4 is 5.73 Å². The minimum Gasteiger partial charge on any atom is -0.316 e. The molecule has 2 atom stereocenters. The summed E-state index contributed by atoms with van der Waals surface area (Å²) in [5.41, 5.74) is 6.19. The molecule has 0 aliphatic carbocycles. The Morgan fingerprint density at radius 1 is 1.25 bits per heavy atom. The summed E-state index contributed by atoms with van der Waals surface area (Å²) < 4.78 is 37.3. The molecule has 1 rings (SSSR count). The van der Waals surface area contributed by atoms with Crippen molar-refractivity contribution in [1.29, 1.82) is 0 Å². The lowest BCUT2D eigenvalue weighted by Crippen LogP contribution is -2.28. The van der Waals surface area contributed by atoms with Crippen molar-refractivity contribution in [3.05, 3.63) is 35.4 Å². The number of hydrogen-bond acceptors (Lipinski definition) is 1. The van der Waals surface area contributed by atoms with Gasteiger partial charge in [0.25, 0.3) is 0 Å². The predicted molar refractivity (Wildman–Crippen MR) is 58.1 cm³/mol. The van der Waals surface area contributed by atoms with Crippen LogP contribution in [-0.4, -0.2) is 6.18 Å². The molecule has 0 bridgehead atoms. The summed E-state index contributed by atoms with van der Waals surface area (Å²) in [4.78, 5) is 0. The van der Waals surface area contributed by atoms with Crippen LogP contribution in [0.2, 0.25) is 0 Å². The lowest BCUT2D eigenvalue weighted by molar-refractivity contribution is -0.149. The Morgan fingerprint density at radius 3 is 2.31 bits per heavy atom. The van der Waals surface area contributed by atoms with Gasteiger partial charge in [-0.3, -0.25) is 0 Å². The zero-order chi connectivity index (χ0) is 12.3. The third-order valence-electron chi connectivity index (χ3n) is 2.80. The predicted octanol–water partition coefficient (Wildman–Crippen LogP) is 3.76. The summed E-state index contributed by atoms with van der Waals surface area (Å²) in [6.45, 7) is 3.99. The zero-order valence-electron chi connectivity index (χ0n) is 9.38. The van der Waals surface area contributed by atoms with Crippen molar-refractivity contribution in [3.8, 4) is 0 Å². The van der Waals surface area contributed by atoms with Crippen LogP contribution in [0.1, 0.15) is 43.4 Å². The van der Waals surface area contributed by atoms with Gasteiger partial charge in [-0.1, -0.05) is 38.1 Å². The van der Waals surface area contributed by atoms with Gasteiger partial charge in [0.05, 0.1) is 0 Å². The number of nitrogens with two attached hydrogens (primary N) is 1. The minimum atomic E-state index is -4.38. The Kier molecular flexibility index (Phi) is 3.97. The van der Waals surface area contributed by atoms with E-state index in [4.69, 9.17) is 5.73 Å². The van der Waals surface area contributed by atoms with E-state index in [1.54, 1.807) is 12.1 Å². The normalized spacial score (nSPS) is 15.9. The van der Waals surface area contributed by atoms with Crippen molar-refractivity contribution in [2.24, 2.45) is 5.73 Å². The van der Waals surface area contributed by atoms with Crippen molar-refractivity contribution >= 4 is 0 Å². The summed E-state index contributed by atoms with van der Waals surface area (Å²) in [6.07, 6.45) is -3.49. The summed E-state index contributed by atoms with van der Waals surface area (Å²) in [5.74, 6) is 0.250. The number of alkyl halides is 3. The van der Waals surface area contributed by atoms with Gasteiger partial charge >= 0.3 is 6.18 Å². The minimum absolute atomic E-state index is 0.130. The number of halogens is 3. The Bertz CT molecular complexity index is 346. The average molecular weight is 231 g/mol. The topological polar surface area (TPSA) is 26.0 Å². The molecule has 1 aromatic rings. The average Bonchev–Trinajstić information content (AvgIpc) is 2.26. The molecule has 0 aromatic heterocycles. The van der Waals surface area contributed by atoms with E-state index in [1.165, 1.54) is 6.07 Å². The van der Waals surface area contributed by atoms with Gasteiger partial charge in [-0.2, -0.15) is 13.2 Å². The van der Waals surface area contributed by atoms with Crippen LogP contribution in [0.15, 0.2) is 24.3 Å². The van der Waals surface area contributed by atoms with Crippen LogP contribution in [0.5, 0.6) is 0 Å². The van der Waals surface area contributed by atoms with Gasteiger partial charge in [0, 0.05) is 0 Å². The first-order valence-electron chi connectivity index (χ1n) is 5.28. The van der Waals surface area contributed by atoms with Crippen LogP contribution in [0, 0.1) is 0 Å². The maximum Gasteiger partial charge on any atom is 0.407 e. The molecule has 0 aliphatic heterocycles. The first kappa shape index (κ1) is 13.0. The molecule has 0 saturated heterocycles. The van der Waals surface area contributed by atoms with Crippen molar-refractivity contribution < 1.29 is 13.2 Å². The first-order chi connectivity index (χ1) is 7.36. The Balaban J connectivity index is 2.99. The molecule has 0 amide bonds. The maximum atomic E-state index is 12.4. The second-order valence-electron chi connectivity index (χ2n) is 4.00. The molecule has 4 heteroatoms. The third kappa shape index (κ3) is 2.98. The van der Waals surface area contributed by atoms with E-state index in [0.29, 0.717) is 0 Å². The molecule has 0 heterocycles. The van der Waals surface area contributed by atoms with Crippen molar-refractivity contribution in [2.75, 3.05) is 0 Å². The van der Waals surface area contributed by atoms with E-state index in [2.05, 4.69) is 0 Å². The van der Waals surface area contributed by atoms with Crippen molar-refractivity contribution in [3.63, 3.8) is 0 Å². The van der Waals surface area contributed by atoms with E-state index in [-0.39, 0.29) is 11.5 Å². The molecule has 1 unspecified atom stereocenters. The molecule has 0 aliphatic rings. The van der Waals surface area contributed by atoms with E-state index in [9.17, 15) is 13.2 Å². The molecule has 16 heavy (non-hydrogen) atoms. The van der Waals surface area contributed by atoms with Crippen LogP contribution in [0.3, 0.4) is 0 Å². The van der Waals surface area contributed by atoms with E-state index in [1.807, 2.05) is 19.9 Å². The van der Waals surface area contributed by atoms with Crippen LogP contribution in [-0.2, 0) is 0 Å². The van der Waals surface area contributed by atoms with Crippen LogP contribution in [0.25, 0.3) is 0 Å². The Morgan fingerprint density at radius 2 is 1.81 bits per heavy atom. The van der Waals surface area contributed by atoms with Gasteiger partial charge in [0.2, 0.25) is 0 Å². The van der Waals surface area contributed by atoms with Crippen LogP contribution >= 0.6 is 0 Å². The standard InChI is InChI=1S/C12H16F3N/c1-3-8(2)9-5-4-6-10(7-9)11(16)12(13,14)15/h4-8,11H,3,16H2,1-2H3/t8?,11-/m0/s1. The van der Waals surface area contributed by atoms with E-state index in [0.717, 1.165) is 12.0 Å². The molecule has 0 spiro atoms. The molecular weight excluding hydrogens is 215 g/mol. The summed E-state index contributed by atoms with van der Waals surface area (Å²) in [7, 11) is 0. The summed E-state index contributed by atoms with van der Waals surface area (Å²) in [5, 5.41) is 0. The van der Waals surface area contributed by atoms with E-state index >= 15 is 0 Å². The molecule has 0 saturated carbocycles. The lowest BCUT2D eigenvalue weighted by atomic mass is 9.95. The highest BCUT2D eigenvalue weighted by Crippen LogP contribution is 2.31. The summed E-state index contributed by atoms with van der Waals surface area (Å²) in [6, 6.07) is 4.54. The van der Waals surface area contributed by atoms with Gasteiger partial charge < -0.3 is 5.73 Å². The highest BCUT2D eigenvalue weighted by Gasteiger charge is 2.37.